The first-order chi connectivity index (χ1) is 10.5. The lowest BCUT2D eigenvalue weighted by molar-refractivity contribution is -0.116. The van der Waals surface area contributed by atoms with Crippen molar-refractivity contribution in [2.75, 3.05) is 5.32 Å². The minimum atomic E-state index is -0.188. The largest absolute Gasteiger partial charge is 0.326 e. The Labute approximate surface area is 134 Å². The van der Waals surface area contributed by atoms with E-state index in [9.17, 15) is 9.59 Å². The molecule has 1 N–H and O–H groups in total. The molecule has 2 aromatic rings. The van der Waals surface area contributed by atoms with Gasteiger partial charge in [-0.2, -0.15) is 0 Å². The lowest BCUT2D eigenvalue weighted by atomic mass is 10.1. The zero-order valence-electron chi connectivity index (χ0n) is 12.6. The molecular weight excluding hydrogens is 294 g/mol. The fourth-order valence-electron chi connectivity index (χ4n) is 2.18. The fourth-order valence-corrected chi connectivity index (χ4v) is 3.12. The highest BCUT2D eigenvalue weighted by molar-refractivity contribution is 7.12. The Bertz CT molecular complexity index is 753. The van der Waals surface area contributed by atoms with E-state index in [2.05, 4.69) is 11.2 Å². The number of aryl methyl sites for hydroxylation is 2. The van der Waals surface area contributed by atoms with Crippen LogP contribution in [0, 0.1) is 26.2 Å². The number of rotatable bonds is 5. The van der Waals surface area contributed by atoms with Gasteiger partial charge >= 0.3 is 0 Å². The standard InChI is InChI=1S/C18H17NO2S/c1-4-14-6-5-7-15(11-14)19-18(21)9-8-17(20)16-10-12(2)22-13(16)3/h1,5-7,10-11H,8-9H2,2-3H3,(H,19,21). The van der Waals surface area contributed by atoms with E-state index in [0.717, 1.165) is 15.3 Å². The molecule has 22 heavy (non-hydrogen) atoms. The van der Waals surface area contributed by atoms with Crippen molar-refractivity contribution in [2.24, 2.45) is 0 Å². The zero-order valence-corrected chi connectivity index (χ0v) is 13.4. The summed E-state index contributed by atoms with van der Waals surface area (Å²) in [6.45, 7) is 3.90. The van der Waals surface area contributed by atoms with Gasteiger partial charge in [-0.3, -0.25) is 9.59 Å². The Morgan fingerprint density at radius 1 is 1.23 bits per heavy atom. The first-order valence-electron chi connectivity index (χ1n) is 6.96. The number of anilines is 1. The van der Waals surface area contributed by atoms with Gasteiger partial charge in [-0.15, -0.1) is 17.8 Å². The molecule has 0 bridgehead atoms. The molecular formula is C18H17NO2S. The summed E-state index contributed by atoms with van der Waals surface area (Å²) >= 11 is 1.60. The van der Waals surface area contributed by atoms with Crippen LogP contribution in [0.5, 0.6) is 0 Å². The highest BCUT2D eigenvalue weighted by Gasteiger charge is 2.13. The summed E-state index contributed by atoms with van der Waals surface area (Å²) in [6.07, 6.45) is 5.69. The number of hydrogen-bond donors (Lipinski definition) is 1. The molecule has 0 spiro atoms. The average Bonchev–Trinajstić information content (AvgIpc) is 2.83. The van der Waals surface area contributed by atoms with Crippen molar-refractivity contribution in [1.29, 1.82) is 0 Å². The average molecular weight is 311 g/mol. The zero-order chi connectivity index (χ0) is 16.1. The Morgan fingerprint density at radius 3 is 2.64 bits per heavy atom. The lowest BCUT2D eigenvalue weighted by Gasteiger charge is -2.05. The molecule has 0 aliphatic rings. The maximum Gasteiger partial charge on any atom is 0.224 e. The predicted octanol–water partition coefficient (Wildman–Crippen LogP) is 3.95. The smallest absolute Gasteiger partial charge is 0.224 e. The van der Waals surface area contributed by atoms with Gasteiger partial charge in [0, 0.05) is 39.4 Å². The number of benzene rings is 1. The van der Waals surface area contributed by atoms with Crippen LogP contribution >= 0.6 is 11.3 Å². The van der Waals surface area contributed by atoms with Crippen LogP contribution in [-0.4, -0.2) is 11.7 Å². The number of ketones is 1. The van der Waals surface area contributed by atoms with Gasteiger partial charge in [0.15, 0.2) is 5.78 Å². The van der Waals surface area contributed by atoms with E-state index in [0.29, 0.717) is 11.3 Å². The number of hydrogen-bond acceptors (Lipinski definition) is 3. The van der Waals surface area contributed by atoms with Gasteiger partial charge < -0.3 is 5.32 Å². The fraction of sp³-hybridized carbons (Fsp3) is 0.222. The van der Waals surface area contributed by atoms with Crippen LogP contribution in [0.15, 0.2) is 30.3 Å². The third-order valence-electron chi connectivity index (χ3n) is 3.23. The van der Waals surface area contributed by atoms with Crippen LogP contribution in [0.1, 0.15) is 38.5 Å². The van der Waals surface area contributed by atoms with Gasteiger partial charge in [-0.25, -0.2) is 0 Å². The third-order valence-corrected chi connectivity index (χ3v) is 4.20. The predicted molar refractivity (Wildman–Crippen MR) is 90.4 cm³/mol. The number of carbonyl (C=O) groups is 2. The number of carbonyl (C=O) groups excluding carboxylic acids is 2. The third kappa shape index (κ3) is 4.06. The summed E-state index contributed by atoms with van der Waals surface area (Å²) < 4.78 is 0. The molecule has 2 rings (SSSR count). The van der Waals surface area contributed by atoms with Gasteiger partial charge in [-0.1, -0.05) is 12.0 Å². The van der Waals surface area contributed by atoms with E-state index in [1.807, 2.05) is 19.9 Å². The normalized spacial score (nSPS) is 10.0. The molecule has 0 unspecified atom stereocenters. The molecule has 1 aromatic carbocycles. The molecule has 1 aromatic heterocycles. The number of terminal acetylenes is 1. The van der Waals surface area contributed by atoms with E-state index in [1.54, 1.807) is 35.6 Å². The van der Waals surface area contributed by atoms with Crippen LogP contribution in [-0.2, 0) is 4.79 Å². The molecule has 0 saturated carbocycles. The highest BCUT2D eigenvalue weighted by atomic mass is 32.1. The molecule has 0 radical (unpaired) electrons. The van der Waals surface area contributed by atoms with Crippen molar-refractivity contribution < 1.29 is 9.59 Å². The van der Waals surface area contributed by atoms with Gasteiger partial charge in [-0.05, 0) is 38.1 Å². The molecule has 4 heteroatoms. The van der Waals surface area contributed by atoms with Crippen molar-refractivity contribution in [1.82, 2.24) is 0 Å². The number of thiophene rings is 1. The SMILES string of the molecule is C#Cc1cccc(NC(=O)CCC(=O)c2cc(C)sc2C)c1. The van der Waals surface area contributed by atoms with Crippen LogP contribution < -0.4 is 5.32 Å². The summed E-state index contributed by atoms with van der Waals surface area (Å²) in [5.74, 6) is 2.34. The molecule has 0 saturated heterocycles. The van der Waals surface area contributed by atoms with E-state index >= 15 is 0 Å². The van der Waals surface area contributed by atoms with Gasteiger partial charge in [0.2, 0.25) is 5.91 Å². The molecule has 0 aliphatic heterocycles. The molecule has 0 aliphatic carbocycles. The van der Waals surface area contributed by atoms with E-state index in [-0.39, 0.29) is 24.5 Å². The van der Waals surface area contributed by atoms with Crippen molar-refractivity contribution in [3.63, 3.8) is 0 Å². The van der Waals surface area contributed by atoms with E-state index < -0.39 is 0 Å². The van der Waals surface area contributed by atoms with Crippen LogP contribution in [0.25, 0.3) is 0 Å². The number of amides is 1. The minimum absolute atomic E-state index is 0.00868. The molecule has 3 nitrogen and oxygen atoms in total. The van der Waals surface area contributed by atoms with Crippen LogP contribution in [0.2, 0.25) is 0 Å². The Morgan fingerprint density at radius 2 is 2.00 bits per heavy atom. The second kappa shape index (κ2) is 7.06. The minimum Gasteiger partial charge on any atom is -0.326 e. The topological polar surface area (TPSA) is 46.2 Å². The highest BCUT2D eigenvalue weighted by Crippen LogP contribution is 2.22. The van der Waals surface area contributed by atoms with Gasteiger partial charge in [0.25, 0.3) is 0 Å². The first-order valence-corrected chi connectivity index (χ1v) is 7.78. The second-order valence-corrected chi connectivity index (χ2v) is 6.48. The molecule has 1 heterocycles. The maximum atomic E-state index is 12.1. The van der Waals surface area contributed by atoms with Gasteiger partial charge in [0.05, 0.1) is 0 Å². The van der Waals surface area contributed by atoms with Crippen molar-refractivity contribution in [3.05, 3.63) is 51.2 Å². The van der Waals surface area contributed by atoms with E-state index in [1.165, 1.54) is 0 Å². The summed E-state index contributed by atoms with van der Waals surface area (Å²) in [4.78, 5) is 26.2. The molecule has 0 atom stereocenters. The summed E-state index contributed by atoms with van der Waals surface area (Å²) in [5, 5.41) is 2.76. The monoisotopic (exact) mass is 311 g/mol. The number of Topliss-reactive ketones (excluding diaryl/α,β-unsaturated/α-hetero) is 1. The Balaban J connectivity index is 1.91. The van der Waals surface area contributed by atoms with Crippen LogP contribution in [0.3, 0.4) is 0 Å². The van der Waals surface area contributed by atoms with E-state index in [4.69, 9.17) is 6.42 Å². The van der Waals surface area contributed by atoms with Crippen molar-refractivity contribution >= 4 is 28.7 Å². The van der Waals surface area contributed by atoms with Crippen molar-refractivity contribution in [3.8, 4) is 12.3 Å². The first kappa shape index (κ1) is 16.0. The quantitative estimate of drug-likeness (QED) is 0.671. The number of nitrogens with one attached hydrogen (secondary N) is 1. The Kier molecular flexibility index (Phi) is 5.13. The maximum absolute atomic E-state index is 12.1. The lowest BCUT2D eigenvalue weighted by Crippen LogP contribution is -2.13. The van der Waals surface area contributed by atoms with Crippen molar-refractivity contribution in [2.45, 2.75) is 26.7 Å². The van der Waals surface area contributed by atoms with Gasteiger partial charge in [0.1, 0.15) is 0 Å². The summed E-state index contributed by atoms with van der Waals surface area (Å²) in [7, 11) is 0. The molecule has 0 fully saturated rings. The summed E-state index contributed by atoms with van der Waals surface area (Å²) in [5.41, 5.74) is 2.08. The molecule has 1 amide bonds. The second-order valence-electron chi connectivity index (χ2n) is 5.02. The molecule has 112 valence electrons. The van der Waals surface area contributed by atoms with Crippen LogP contribution in [0.4, 0.5) is 5.69 Å². The Hall–Kier alpha value is -2.38. The summed E-state index contributed by atoms with van der Waals surface area (Å²) in [6, 6.07) is 8.96.